The highest BCUT2D eigenvalue weighted by molar-refractivity contribution is 7.91. The highest BCUT2D eigenvalue weighted by Gasteiger charge is 2.28. The number of sulfone groups is 1. The Kier molecular flexibility index (Phi) is 4.93. The monoisotopic (exact) mass is 361 g/mol. The summed E-state index contributed by atoms with van der Waals surface area (Å²) in [7, 11) is -2.98. The van der Waals surface area contributed by atoms with Crippen molar-refractivity contribution in [1.82, 2.24) is 20.3 Å². The molecule has 2 N–H and O–H groups in total. The number of nitrogens with one attached hydrogen (secondary N) is 2. The third-order valence-corrected chi connectivity index (χ3v) is 5.63. The van der Waals surface area contributed by atoms with Gasteiger partial charge in [0.25, 0.3) is 5.91 Å². The zero-order valence-electron chi connectivity index (χ0n) is 13.8. The van der Waals surface area contributed by atoms with Crippen LogP contribution in [0.5, 0.6) is 0 Å². The number of aryl methyl sites for hydroxylation is 1. The first-order valence-corrected chi connectivity index (χ1v) is 9.73. The maximum atomic E-state index is 12.3. The molecule has 1 unspecified atom stereocenters. The van der Waals surface area contributed by atoms with Gasteiger partial charge in [0.15, 0.2) is 9.84 Å². The average Bonchev–Trinajstić information content (AvgIpc) is 2.91. The number of amides is 1. The van der Waals surface area contributed by atoms with Gasteiger partial charge >= 0.3 is 0 Å². The molecule has 0 aromatic carbocycles. The molecule has 0 bridgehead atoms. The molecule has 1 aliphatic rings. The van der Waals surface area contributed by atoms with Crippen LogP contribution in [-0.4, -0.2) is 46.8 Å². The number of carbonyl (C=O) groups is 1. The van der Waals surface area contributed by atoms with Crippen LogP contribution in [0.2, 0.25) is 0 Å². The zero-order chi connectivity index (χ0) is 17.9. The maximum Gasteiger partial charge on any atom is 0.270 e. The highest BCUT2D eigenvalue weighted by atomic mass is 32.2. The molecular formula is C16H19N5O3S. The molecule has 1 amide bonds. The molecule has 0 spiro atoms. The number of anilines is 1. The van der Waals surface area contributed by atoms with Crippen LogP contribution in [0.15, 0.2) is 30.6 Å². The minimum Gasteiger partial charge on any atom is -0.366 e. The number of aromatic nitrogens is 3. The summed E-state index contributed by atoms with van der Waals surface area (Å²) in [6, 6.07) is 4.99. The van der Waals surface area contributed by atoms with Gasteiger partial charge in [0.2, 0.25) is 0 Å². The molecule has 1 aliphatic heterocycles. The average molecular weight is 361 g/mol. The van der Waals surface area contributed by atoms with Crippen molar-refractivity contribution in [2.24, 2.45) is 0 Å². The summed E-state index contributed by atoms with van der Waals surface area (Å²) in [6.07, 6.45) is 3.86. The van der Waals surface area contributed by atoms with E-state index in [9.17, 15) is 13.2 Å². The number of pyridine rings is 1. The molecule has 2 aromatic heterocycles. The van der Waals surface area contributed by atoms with Crippen molar-refractivity contribution in [2.75, 3.05) is 16.8 Å². The first-order chi connectivity index (χ1) is 11.9. The molecule has 0 saturated carbocycles. The predicted octanol–water partition coefficient (Wildman–Crippen LogP) is 0.709. The number of hydrogen-bond donors (Lipinski definition) is 2. The first kappa shape index (κ1) is 17.3. The van der Waals surface area contributed by atoms with E-state index in [-0.39, 0.29) is 29.1 Å². The van der Waals surface area contributed by atoms with E-state index in [1.807, 2.05) is 12.1 Å². The van der Waals surface area contributed by atoms with Crippen molar-refractivity contribution in [3.05, 3.63) is 47.7 Å². The van der Waals surface area contributed by atoms with E-state index in [2.05, 4.69) is 25.6 Å². The van der Waals surface area contributed by atoms with Crippen molar-refractivity contribution in [3.63, 3.8) is 0 Å². The van der Waals surface area contributed by atoms with Crippen molar-refractivity contribution < 1.29 is 13.2 Å². The minimum atomic E-state index is -2.98. The molecule has 0 aliphatic carbocycles. The van der Waals surface area contributed by atoms with Crippen LogP contribution in [0.4, 0.5) is 5.82 Å². The summed E-state index contributed by atoms with van der Waals surface area (Å²) < 4.78 is 23.1. The van der Waals surface area contributed by atoms with Crippen LogP contribution >= 0.6 is 0 Å². The van der Waals surface area contributed by atoms with E-state index in [1.54, 1.807) is 25.4 Å². The van der Waals surface area contributed by atoms with Crippen LogP contribution in [0.1, 0.15) is 28.3 Å². The van der Waals surface area contributed by atoms with E-state index >= 15 is 0 Å². The van der Waals surface area contributed by atoms with Crippen molar-refractivity contribution in [3.8, 4) is 0 Å². The van der Waals surface area contributed by atoms with Gasteiger partial charge in [-0.2, -0.15) is 0 Å². The minimum absolute atomic E-state index is 0.0830. The van der Waals surface area contributed by atoms with Crippen LogP contribution in [0.3, 0.4) is 0 Å². The Bertz CT molecular complexity index is 871. The Morgan fingerprint density at radius 3 is 2.72 bits per heavy atom. The number of rotatable bonds is 5. The summed E-state index contributed by atoms with van der Waals surface area (Å²) in [6.45, 7) is 2.06. The topological polar surface area (TPSA) is 114 Å². The fourth-order valence-electron chi connectivity index (χ4n) is 2.65. The molecule has 3 heterocycles. The number of nitrogens with zero attached hydrogens (tertiary/aromatic N) is 3. The van der Waals surface area contributed by atoms with Gasteiger partial charge < -0.3 is 10.6 Å². The van der Waals surface area contributed by atoms with Gasteiger partial charge in [-0.05, 0) is 31.0 Å². The van der Waals surface area contributed by atoms with Gasteiger partial charge in [-0.3, -0.25) is 9.78 Å². The van der Waals surface area contributed by atoms with E-state index < -0.39 is 9.84 Å². The lowest BCUT2D eigenvalue weighted by Crippen LogP contribution is -2.26. The van der Waals surface area contributed by atoms with Crippen LogP contribution in [0, 0.1) is 6.92 Å². The second-order valence-electron chi connectivity index (χ2n) is 5.97. The molecule has 8 nitrogen and oxygen atoms in total. The third kappa shape index (κ3) is 4.72. The molecule has 3 rings (SSSR count). The smallest absolute Gasteiger partial charge is 0.270 e. The molecule has 1 saturated heterocycles. The summed E-state index contributed by atoms with van der Waals surface area (Å²) in [4.78, 5) is 24.6. The van der Waals surface area contributed by atoms with Gasteiger partial charge in [-0.15, -0.1) is 0 Å². The second-order valence-corrected chi connectivity index (χ2v) is 8.20. The molecular weight excluding hydrogens is 342 g/mol. The quantitative estimate of drug-likeness (QED) is 0.806. The zero-order valence-corrected chi connectivity index (χ0v) is 14.6. The number of hydrogen-bond acceptors (Lipinski definition) is 7. The Morgan fingerprint density at radius 1 is 1.28 bits per heavy atom. The summed E-state index contributed by atoms with van der Waals surface area (Å²) in [5, 5.41) is 5.88. The standard InChI is InChI=1S/C16H19N5O3S/c1-11-19-14(16(22)18-9-12-2-5-17-6-3-12)8-15(20-11)21-13-4-7-25(23,24)10-13/h2-3,5-6,8,13H,4,7,9-10H2,1H3,(H,18,22)(H,19,20,21). The maximum absolute atomic E-state index is 12.3. The lowest BCUT2D eigenvalue weighted by atomic mass is 10.2. The molecule has 1 atom stereocenters. The van der Waals surface area contributed by atoms with Gasteiger partial charge in [0, 0.05) is 31.0 Å². The largest absolute Gasteiger partial charge is 0.366 e. The van der Waals surface area contributed by atoms with E-state index in [1.165, 1.54) is 0 Å². The van der Waals surface area contributed by atoms with E-state index in [4.69, 9.17) is 0 Å². The highest BCUT2D eigenvalue weighted by Crippen LogP contribution is 2.17. The fourth-order valence-corrected chi connectivity index (χ4v) is 4.32. The lowest BCUT2D eigenvalue weighted by Gasteiger charge is -2.13. The first-order valence-electron chi connectivity index (χ1n) is 7.91. The van der Waals surface area contributed by atoms with Gasteiger partial charge in [-0.1, -0.05) is 0 Å². The fraction of sp³-hybridized carbons (Fsp3) is 0.375. The molecule has 132 valence electrons. The predicted molar refractivity (Wildman–Crippen MR) is 92.9 cm³/mol. The number of carbonyl (C=O) groups excluding carboxylic acids is 1. The lowest BCUT2D eigenvalue weighted by molar-refractivity contribution is 0.0945. The third-order valence-electron chi connectivity index (χ3n) is 3.86. The van der Waals surface area contributed by atoms with Gasteiger partial charge in [-0.25, -0.2) is 18.4 Å². The van der Waals surface area contributed by atoms with Crippen molar-refractivity contribution in [1.29, 1.82) is 0 Å². The Labute approximate surface area is 146 Å². The van der Waals surface area contributed by atoms with Crippen LogP contribution in [0.25, 0.3) is 0 Å². The molecule has 25 heavy (non-hydrogen) atoms. The summed E-state index contributed by atoms with van der Waals surface area (Å²) in [5.41, 5.74) is 1.17. The SMILES string of the molecule is Cc1nc(NC2CCS(=O)(=O)C2)cc(C(=O)NCc2ccncc2)n1. The second kappa shape index (κ2) is 7.14. The molecule has 2 aromatic rings. The Balaban J connectivity index is 1.67. The van der Waals surface area contributed by atoms with Crippen LogP contribution < -0.4 is 10.6 Å². The Hall–Kier alpha value is -2.55. The van der Waals surface area contributed by atoms with Crippen molar-refractivity contribution >= 4 is 21.6 Å². The van der Waals surface area contributed by atoms with Gasteiger partial charge in [0.1, 0.15) is 17.3 Å². The summed E-state index contributed by atoms with van der Waals surface area (Å²) >= 11 is 0. The normalized spacial score (nSPS) is 18.7. The van der Waals surface area contributed by atoms with E-state index in [0.29, 0.717) is 24.6 Å². The molecule has 1 fully saturated rings. The summed E-state index contributed by atoms with van der Waals surface area (Å²) in [5.74, 6) is 0.848. The van der Waals surface area contributed by atoms with Crippen molar-refractivity contribution in [2.45, 2.75) is 25.9 Å². The van der Waals surface area contributed by atoms with E-state index in [0.717, 1.165) is 5.56 Å². The molecule has 9 heteroatoms. The molecule has 0 radical (unpaired) electrons. The van der Waals surface area contributed by atoms with Crippen LogP contribution in [-0.2, 0) is 16.4 Å². The van der Waals surface area contributed by atoms with Gasteiger partial charge in [0.05, 0.1) is 11.5 Å². The Morgan fingerprint density at radius 2 is 2.04 bits per heavy atom.